The second-order valence-electron chi connectivity index (χ2n) is 9.19. The van der Waals surface area contributed by atoms with Gasteiger partial charge in [0.15, 0.2) is 11.5 Å². The van der Waals surface area contributed by atoms with Gasteiger partial charge < -0.3 is 19.5 Å². The molecule has 9 heteroatoms. The summed E-state index contributed by atoms with van der Waals surface area (Å²) in [5, 5.41) is 8.69. The number of aromatic nitrogens is 3. The number of esters is 1. The maximum Gasteiger partial charge on any atom is 0.338 e. The van der Waals surface area contributed by atoms with Crippen LogP contribution in [0.3, 0.4) is 0 Å². The standard InChI is InChI=1S/C29H36N4O4S/c1-6-8-15-36-27(34)25-20(4)30-28-31-29(38-16-7-2)32-33(28)26(25)21-13-14-23(24(17-21)35-5)37-18-22-12-10-9-11-19(22)3/h9-14,17,26H,6-8,15-16,18H2,1-5H3,(H,30,31,32). The van der Waals surface area contributed by atoms with Crippen molar-refractivity contribution in [1.82, 2.24) is 14.8 Å². The van der Waals surface area contributed by atoms with E-state index in [9.17, 15) is 4.79 Å². The minimum absolute atomic E-state index is 0.365. The first-order chi connectivity index (χ1) is 18.5. The lowest BCUT2D eigenvalue weighted by molar-refractivity contribution is -0.139. The normalized spacial score (nSPS) is 14.6. The quantitative estimate of drug-likeness (QED) is 0.164. The van der Waals surface area contributed by atoms with Gasteiger partial charge in [-0.25, -0.2) is 9.48 Å². The van der Waals surface area contributed by atoms with Gasteiger partial charge in [-0.2, -0.15) is 4.98 Å². The van der Waals surface area contributed by atoms with Crippen LogP contribution in [-0.2, 0) is 16.1 Å². The molecule has 38 heavy (non-hydrogen) atoms. The highest BCUT2D eigenvalue weighted by molar-refractivity contribution is 7.99. The first kappa shape index (κ1) is 27.6. The number of nitrogens with one attached hydrogen (secondary N) is 1. The summed E-state index contributed by atoms with van der Waals surface area (Å²) in [5.74, 6) is 2.34. The lowest BCUT2D eigenvalue weighted by atomic mass is 9.95. The van der Waals surface area contributed by atoms with Crippen LogP contribution < -0.4 is 14.8 Å². The Morgan fingerprint density at radius 2 is 1.92 bits per heavy atom. The highest BCUT2D eigenvalue weighted by atomic mass is 32.2. The number of fused-ring (bicyclic) bond motifs is 1. The van der Waals surface area contributed by atoms with Crippen molar-refractivity contribution in [3.8, 4) is 11.5 Å². The van der Waals surface area contributed by atoms with Crippen molar-refractivity contribution in [2.24, 2.45) is 0 Å². The van der Waals surface area contributed by atoms with E-state index >= 15 is 0 Å². The van der Waals surface area contributed by atoms with Crippen LogP contribution in [-0.4, -0.2) is 40.2 Å². The zero-order valence-electron chi connectivity index (χ0n) is 22.7. The monoisotopic (exact) mass is 536 g/mol. The molecule has 2 heterocycles. The first-order valence-electron chi connectivity index (χ1n) is 13.1. The second kappa shape index (κ2) is 12.9. The molecule has 202 valence electrons. The molecule has 0 aliphatic carbocycles. The van der Waals surface area contributed by atoms with Gasteiger partial charge in [0.25, 0.3) is 0 Å². The van der Waals surface area contributed by atoms with E-state index in [1.165, 1.54) is 5.56 Å². The largest absolute Gasteiger partial charge is 0.493 e. The van der Waals surface area contributed by atoms with E-state index in [1.807, 2.05) is 37.3 Å². The summed E-state index contributed by atoms with van der Waals surface area (Å²) in [7, 11) is 1.61. The molecule has 2 aromatic carbocycles. The number of carbonyl (C=O) groups is 1. The lowest BCUT2D eigenvalue weighted by Gasteiger charge is -2.28. The number of methoxy groups -OCH3 is 1. The van der Waals surface area contributed by atoms with Crippen LogP contribution in [0.4, 0.5) is 5.95 Å². The van der Waals surface area contributed by atoms with Crippen LogP contribution >= 0.6 is 11.8 Å². The minimum atomic E-state index is -0.525. The number of thioether (sulfide) groups is 1. The number of unbranched alkanes of at least 4 members (excludes halogenated alkanes) is 1. The molecule has 1 unspecified atom stereocenters. The van der Waals surface area contributed by atoms with Gasteiger partial charge in [0.2, 0.25) is 11.1 Å². The molecule has 0 bridgehead atoms. The number of anilines is 1. The fourth-order valence-corrected chi connectivity index (χ4v) is 4.93. The molecule has 1 aliphatic rings. The van der Waals surface area contributed by atoms with Gasteiger partial charge in [0, 0.05) is 11.4 Å². The Balaban J connectivity index is 1.69. The smallest absolute Gasteiger partial charge is 0.338 e. The Morgan fingerprint density at radius 3 is 2.66 bits per heavy atom. The van der Waals surface area contributed by atoms with E-state index in [0.29, 0.717) is 47.1 Å². The van der Waals surface area contributed by atoms with Gasteiger partial charge in [-0.15, -0.1) is 5.10 Å². The summed E-state index contributed by atoms with van der Waals surface area (Å²) in [6, 6.07) is 13.3. The molecule has 0 amide bonds. The van der Waals surface area contributed by atoms with Crippen LogP contribution in [0.5, 0.6) is 11.5 Å². The Morgan fingerprint density at radius 1 is 1.11 bits per heavy atom. The number of nitrogens with zero attached hydrogens (tertiary/aromatic N) is 3. The van der Waals surface area contributed by atoms with Crippen molar-refractivity contribution >= 4 is 23.7 Å². The van der Waals surface area contributed by atoms with E-state index in [-0.39, 0.29) is 5.97 Å². The van der Waals surface area contributed by atoms with Crippen molar-refractivity contribution < 1.29 is 19.0 Å². The molecule has 1 N–H and O–H groups in total. The number of rotatable bonds is 12. The molecule has 1 aliphatic heterocycles. The van der Waals surface area contributed by atoms with Gasteiger partial charge in [0.05, 0.1) is 19.3 Å². The number of ether oxygens (including phenoxy) is 3. The molecule has 8 nitrogen and oxygen atoms in total. The van der Waals surface area contributed by atoms with Gasteiger partial charge in [0.1, 0.15) is 12.6 Å². The van der Waals surface area contributed by atoms with Crippen molar-refractivity contribution in [3.05, 3.63) is 70.4 Å². The fourth-order valence-electron chi connectivity index (χ4n) is 4.25. The van der Waals surface area contributed by atoms with E-state index in [2.05, 4.69) is 43.2 Å². The molecular formula is C29H36N4O4S. The summed E-state index contributed by atoms with van der Waals surface area (Å²) in [6.07, 6.45) is 2.77. The predicted molar refractivity (Wildman–Crippen MR) is 150 cm³/mol. The third-order valence-corrected chi connectivity index (χ3v) is 7.41. The van der Waals surface area contributed by atoms with Crippen LogP contribution in [0, 0.1) is 6.92 Å². The summed E-state index contributed by atoms with van der Waals surface area (Å²) in [5.41, 5.74) is 4.30. The number of allylic oxidation sites excluding steroid dienone is 1. The van der Waals surface area contributed by atoms with Crippen LogP contribution in [0.15, 0.2) is 58.9 Å². The average Bonchev–Trinajstić information content (AvgIpc) is 3.33. The van der Waals surface area contributed by atoms with Crippen molar-refractivity contribution in [2.75, 3.05) is 24.8 Å². The van der Waals surface area contributed by atoms with E-state index in [0.717, 1.165) is 36.1 Å². The topological polar surface area (TPSA) is 87.5 Å². The van der Waals surface area contributed by atoms with Crippen molar-refractivity contribution in [3.63, 3.8) is 0 Å². The average molecular weight is 537 g/mol. The molecule has 1 atom stereocenters. The van der Waals surface area contributed by atoms with Gasteiger partial charge in [-0.1, -0.05) is 62.4 Å². The third-order valence-electron chi connectivity index (χ3n) is 6.37. The number of carbonyl (C=O) groups excluding carboxylic acids is 1. The van der Waals surface area contributed by atoms with Gasteiger partial charge in [-0.3, -0.25) is 0 Å². The lowest BCUT2D eigenvalue weighted by Crippen LogP contribution is -2.29. The SMILES string of the molecule is CCCCOC(=O)C1=C(C)Nc2nc(SCCC)nn2C1c1ccc(OCc2ccccc2C)c(OC)c1. The Kier molecular flexibility index (Phi) is 9.33. The molecule has 0 fully saturated rings. The van der Waals surface area contributed by atoms with E-state index in [1.54, 1.807) is 23.6 Å². The van der Waals surface area contributed by atoms with Crippen LogP contribution in [0.2, 0.25) is 0 Å². The van der Waals surface area contributed by atoms with Crippen LogP contribution in [0.1, 0.15) is 62.8 Å². The summed E-state index contributed by atoms with van der Waals surface area (Å²) < 4.78 is 19.3. The number of hydrogen-bond acceptors (Lipinski definition) is 8. The summed E-state index contributed by atoms with van der Waals surface area (Å²) >= 11 is 1.59. The van der Waals surface area contributed by atoms with E-state index in [4.69, 9.17) is 19.3 Å². The maximum atomic E-state index is 13.3. The van der Waals surface area contributed by atoms with Gasteiger partial charge >= 0.3 is 5.97 Å². The molecule has 0 saturated heterocycles. The Hall–Kier alpha value is -3.46. The predicted octanol–water partition coefficient (Wildman–Crippen LogP) is 6.31. The highest BCUT2D eigenvalue weighted by Crippen LogP contribution is 2.40. The van der Waals surface area contributed by atoms with Crippen LogP contribution in [0.25, 0.3) is 0 Å². The summed E-state index contributed by atoms with van der Waals surface area (Å²) in [4.78, 5) is 18.0. The summed E-state index contributed by atoms with van der Waals surface area (Å²) in [6.45, 7) is 8.92. The van der Waals surface area contributed by atoms with Gasteiger partial charge in [-0.05, 0) is 55.5 Å². The minimum Gasteiger partial charge on any atom is -0.493 e. The zero-order chi connectivity index (χ0) is 27.1. The van der Waals surface area contributed by atoms with Crippen molar-refractivity contribution in [2.45, 2.75) is 64.8 Å². The molecule has 3 aromatic rings. The third kappa shape index (κ3) is 6.15. The Bertz CT molecular complexity index is 1300. The Labute approximate surface area is 228 Å². The fraction of sp³-hybridized carbons (Fsp3) is 0.414. The molecule has 0 spiro atoms. The highest BCUT2D eigenvalue weighted by Gasteiger charge is 2.35. The maximum absolute atomic E-state index is 13.3. The number of benzene rings is 2. The molecule has 0 saturated carbocycles. The molecular weight excluding hydrogens is 500 g/mol. The second-order valence-corrected chi connectivity index (χ2v) is 10.3. The number of aryl methyl sites for hydroxylation is 1. The number of hydrogen-bond donors (Lipinski definition) is 1. The molecule has 0 radical (unpaired) electrons. The zero-order valence-corrected chi connectivity index (χ0v) is 23.6. The van der Waals surface area contributed by atoms with E-state index < -0.39 is 6.04 Å². The molecule has 4 rings (SSSR count). The first-order valence-corrected chi connectivity index (χ1v) is 14.0. The molecule has 1 aromatic heterocycles. The van der Waals surface area contributed by atoms with Crippen molar-refractivity contribution in [1.29, 1.82) is 0 Å².